The molecule has 20 heavy (non-hydrogen) atoms. The standard InChI is InChI=1S/C16H23BrN2O/c1-13-6-7-15(17)14(12-13)16(20)18-8-5-11-19-9-3-2-4-10-19/h6-7,12H,2-5,8-11H2,1H3,(H,18,20). The van der Waals surface area contributed by atoms with Crippen LogP contribution in [0.2, 0.25) is 0 Å². The molecule has 0 radical (unpaired) electrons. The molecule has 0 atom stereocenters. The zero-order chi connectivity index (χ0) is 14.4. The molecule has 0 bridgehead atoms. The van der Waals surface area contributed by atoms with Gasteiger partial charge in [0.1, 0.15) is 0 Å². The first kappa shape index (κ1) is 15.5. The largest absolute Gasteiger partial charge is 0.352 e. The molecule has 0 spiro atoms. The lowest BCUT2D eigenvalue weighted by atomic mass is 10.1. The zero-order valence-corrected chi connectivity index (χ0v) is 13.7. The first-order chi connectivity index (χ1) is 9.66. The van der Waals surface area contributed by atoms with Crippen LogP contribution in [0.3, 0.4) is 0 Å². The van der Waals surface area contributed by atoms with Gasteiger partial charge in [0.2, 0.25) is 0 Å². The molecule has 4 heteroatoms. The average molecular weight is 339 g/mol. The van der Waals surface area contributed by atoms with Gasteiger partial charge in [-0.15, -0.1) is 0 Å². The second-order valence-electron chi connectivity index (χ2n) is 5.50. The smallest absolute Gasteiger partial charge is 0.252 e. The third-order valence-electron chi connectivity index (χ3n) is 3.75. The normalized spacial score (nSPS) is 16.1. The summed E-state index contributed by atoms with van der Waals surface area (Å²) < 4.78 is 0.858. The van der Waals surface area contributed by atoms with Crippen LogP contribution in [0.1, 0.15) is 41.6 Å². The van der Waals surface area contributed by atoms with Crippen molar-refractivity contribution in [3.8, 4) is 0 Å². The number of amides is 1. The predicted octanol–water partition coefficient (Wildman–Crippen LogP) is 3.36. The molecule has 1 fully saturated rings. The second-order valence-corrected chi connectivity index (χ2v) is 6.35. The van der Waals surface area contributed by atoms with Gasteiger partial charge >= 0.3 is 0 Å². The third-order valence-corrected chi connectivity index (χ3v) is 4.44. The number of halogens is 1. The highest BCUT2D eigenvalue weighted by atomic mass is 79.9. The number of nitrogens with one attached hydrogen (secondary N) is 1. The lowest BCUT2D eigenvalue weighted by Crippen LogP contribution is -2.33. The van der Waals surface area contributed by atoms with E-state index in [1.54, 1.807) is 0 Å². The fourth-order valence-electron chi connectivity index (χ4n) is 2.60. The van der Waals surface area contributed by atoms with E-state index in [9.17, 15) is 4.79 Å². The summed E-state index contributed by atoms with van der Waals surface area (Å²) in [5.41, 5.74) is 1.83. The highest BCUT2D eigenvalue weighted by Gasteiger charge is 2.11. The monoisotopic (exact) mass is 338 g/mol. The number of likely N-dealkylation sites (tertiary alicyclic amines) is 1. The van der Waals surface area contributed by atoms with Crippen molar-refractivity contribution >= 4 is 21.8 Å². The van der Waals surface area contributed by atoms with Crippen LogP contribution < -0.4 is 5.32 Å². The summed E-state index contributed by atoms with van der Waals surface area (Å²) in [6.45, 7) is 6.28. The van der Waals surface area contributed by atoms with Gasteiger partial charge in [-0.3, -0.25) is 4.79 Å². The van der Waals surface area contributed by atoms with Gasteiger partial charge < -0.3 is 10.2 Å². The van der Waals surface area contributed by atoms with E-state index in [0.717, 1.165) is 35.1 Å². The molecule has 1 amide bonds. The van der Waals surface area contributed by atoms with Crippen molar-refractivity contribution in [1.29, 1.82) is 0 Å². The fourth-order valence-corrected chi connectivity index (χ4v) is 3.02. The van der Waals surface area contributed by atoms with E-state index in [-0.39, 0.29) is 5.91 Å². The molecular weight excluding hydrogens is 316 g/mol. The first-order valence-corrected chi connectivity index (χ1v) is 8.23. The maximum Gasteiger partial charge on any atom is 0.252 e. The van der Waals surface area contributed by atoms with E-state index in [1.165, 1.54) is 32.4 Å². The van der Waals surface area contributed by atoms with Crippen molar-refractivity contribution in [3.05, 3.63) is 33.8 Å². The minimum Gasteiger partial charge on any atom is -0.352 e. The van der Waals surface area contributed by atoms with Crippen LogP contribution in [0.25, 0.3) is 0 Å². The molecule has 1 heterocycles. The van der Waals surface area contributed by atoms with E-state index in [0.29, 0.717) is 0 Å². The molecule has 1 aliphatic rings. The molecule has 0 unspecified atom stereocenters. The summed E-state index contributed by atoms with van der Waals surface area (Å²) in [6.07, 6.45) is 5.04. The number of nitrogens with zero attached hydrogens (tertiary/aromatic N) is 1. The second kappa shape index (κ2) is 7.79. The topological polar surface area (TPSA) is 32.3 Å². The Hall–Kier alpha value is -0.870. The Labute approximate surface area is 129 Å². The van der Waals surface area contributed by atoms with Crippen LogP contribution in [0.5, 0.6) is 0 Å². The lowest BCUT2D eigenvalue weighted by molar-refractivity contribution is 0.0950. The molecule has 1 aliphatic heterocycles. The molecule has 3 nitrogen and oxygen atoms in total. The molecule has 1 N–H and O–H groups in total. The Balaban J connectivity index is 1.73. The van der Waals surface area contributed by atoms with Gasteiger partial charge in [-0.1, -0.05) is 18.1 Å². The molecule has 0 aliphatic carbocycles. The SMILES string of the molecule is Cc1ccc(Br)c(C(=O)NCCCN2CCCCC2)c1. The van der Waals surface area contributed by atoms with Crippen molar-refractivity contribution in [2.75, 3.05) is 26.2 Å². The van der Waals surface area contributed by atoms with Crippen molar-refractivity contribution in [1.82, 2.24) is 10.2 Å². The summed E-state index contributed by atoms with van der Waals surface area (Å²) >= 11 is 3.43. The number of carbonyl (C=O) groups is 1. The Morgan fingerprint density at radius 2 is 2.05 bits per heavy atom. The summed E-state index contributed by atoms with van der Waals surface area (Å²) in [5, 5.41) is 3.01. The van der Waals surface area contributed by atoms with E-state index >= 15 is 0 Å². The number of hydrogen-bond acceptors (Lipinski definition) is 2. The van der Waals surface area contributed by atoms with Crippen molar-refractivity contribution in [3.63, 3.8) is 0 Å². The van der Waals surface area contributed by atoms with Gasteiger partial charge in [0.15, 0.2) is 0 Å². The van der Waals surface area contributed by atoms with E-state index in [1.807, 2.05) is 25.1 Å². The Morgan fingerprint density at radius 3 is 2.80 bits per heavy atom. The van der Waals surface area contributed by atoms with Gasteiger partial charge in [-0.25, -0.2) is 0 Å². The van der Waals surface area contributed by atoms with Crippen LogP contribution in [-0.2, 0) is 0 Å². The number of aryl methyl sites for hydroxylation is 1. The van der Waals surface area contributed by atoms with Crippen molar-refractivity contribution < 1.29 is 4.79 Å². The number of carbonyl (C=O) groups excluding carboxylic acids is 1. The van der Waals surface area contributed by atoms with Gasteiger partial charge in [0, 0.05) is 11.0 Å². The van der Waals surface area contributed by atoms with Crippen molar-refractivity contribution in [2.24, 2.45) is 0 Å². The molecule has 1 aromatic carbocycles. The first-order valence-electron chi connectivity index (χ1n) is 7.43. The Kier molecular flexibility index (Phi) is 6.05. The summed E-state index contributed by atoms with van der Waals surface area (Å²) in [6, 6.07) is 5.85. The van der Waals surface area contributed by atoms with Gasteiger partial charge in [-0.05, 0) is 73.9 Å². The van der Waals surface area contributed by atoms with Gasteiger partial charge in [0.05, 0.1) is 5.56 Å². The Bertz CT molecular complexity index is 456. The summed E-state index contributed by atoms with van der Waals surface area (Å²) in [4.78, 5) is 14.6. The number of piperidine rings is 1. The molecule has 0 saturated carbocycles. The highest BCUT2D eigenvalue weighted by molar-refractivity contribution is 9.10. The zero-order valence-electron chi connectivity index (χ0n) is 12.1. The average Bonchev–Trinajstić information content (AvgIpc) is 2.47. The highest BCUT2D eigenvalue weighted by Crippen LogP contribution is 2.17. The summed E-state index contributed by atoms with van der Waals surface area (Å²) in [7, 11) is 0. The maximum absolute atomic E-state index is 12.1. The fraction of sp³-hybridized carbons (Fsp3) is 0.562. The van der Waals surface area contributed by atoms with Crippen molar-refractivity contribution in [2.45, 2.75) is 32.6 Å². The maximum atomic E-state index is 12.1. The van der Waals surface area contributed by atoms with Crippen LogP contribution in [0, 0.1) is 6.92 Å². The molecule has 2 rings (SSSR count). The van der Waals surface area contributed by atoms with E-state index in [4.69, 9.17) is 0 Å². The van der Waals surface area contributed by atoms with Crippen LogP contribution in [-0.4, -0.2) is 37.0 Å². The van der Waals surface area contributed by atoms with Crippen LogP contribution >= 0.6 is 15.9 Å². The third kappa shape index (κ3) is 4.60. The van der Waals surface area contributed by atoms with Crippen LogP contribution in [0.4, 0.5) is 0 Å². The van der Waals surface area contributed by atoms with E-state index < -0.39 is 0 Å². The number of benzene rings is 1. The minimum atomic E-state index is 0.0132. The molecule has 110 valence electrons. The molecule has 1 saturated heterocycles. The molecular formula is C16H23BrN2O. The van der Waals surface area contributed by atoms with Gasteiger partial charge in [-0.2, -0.15) is 0 Å². The minimum absolute atomic E-state index is 0.0132. The summed E-state index contributed by atoms with van der Waals surface area (Å²) in [5.74, 6) is 0.0132. The van der Waals surface area contributed by atoms with Crippen LogP contribution in [0.15, 0.2) is 22.7 Å². The Morgan fingerprint density at radius 1 is 1.30 bits per heavy atom. The quantitative estimate of drug-likeness (QED) is 0.835. The predicted molar refractivity (Wildman–Crippen MR) is 86.1 cm³/mol. The lowest BCUT2D eigenvalue weighted by Gasteiger charge is -2.26. The van der Waals surface area contributed by atoms with E-state index in [2.05, 4.69) is 26.1 Å². The number of hydrogen-bond donors (Lipinski definition) is 1. The van der Waals surface area contributed by atoms with Gasteiger partial charge in [0.25, 0.3) is 5.91 Å². The number of rotatable bonds is 5. The molecule has 0 aromatic heterocycles. The molecule has 1 aromatic rings.